The number of carbonyl (C=O) groups is 2. The lowest BCUT2D eigenvalue weighted by Gasteiger charge is -2.13. The van der Waals surface area contributed by atoms with Crippen LogP contribution in [0.3, 0.4) is 0 Å². The molecule has 126 valence electrons. The summed E-state index contributed by atoms with van der Waals surface area (Å²) >= 11 is 0. The van der Waals surface area contributed by atoms with Gasteiger partial charge in [-0.15, -0.1) is 0 Å². The molecule has 8 heteroatoms. The molecular formula is C17H14N4O4. The Morgan fingerprint density at radius 1 is 1.12 bits per heavy atom. The summed E-state index contributed by atoms with van der Waals surface area (Å²) in [5, 5.41) is 12.0. The van der Waals surface area contributed by atoms with E-state index in [1.54, 1.807) is 36.4 Å². The lowest BCUT2D eigenvalue weighted by molar-refractivity contribution is 0.102. The minimum absolute atomic E-state index is 0.312. The van der Waals surface area contributed by atoms with E-state index in [-0.39, 0.29) is 11.6 Å². The second-order valence-electron chi connectivity index (χ2n) is 5.78. The lowest BCUT2D eigenvalue weighted by atomic mass is 10.0. The van der Waals surface area contributed by atoms with E-state index in [2.05, 4.69) is 15.3 Å². The number of hydrogen-bond acceptors (Lipinski definition) is 3. The van der Waals surface area contributed by atoms with E-state index in [1.165, 1.54) is 4.90 Å². The summed E-state index contributed by atoms with van der Waals surface area (Å²) in [5.74, 6) is -0.318. The first-order chi connectivity index (χ1) is 12.0. The van der Waals surface area contributed by atoms with Crippen molar-refractivity contribution in [3.8, 4) is 0 Å². The summed E-state index contributed by atoms with van der Waals surface area (Å²) in [6.07, 6.45) is -0.534. The molecule has 0 spiro atoms. The number of hydrogen-bond donors (Lipinski definition) is 4. The molecule has 8 nitrogen and oxygen atoms in total. The van der Waals surface area contributed by atoms with Crippen LogP contribution in [0.15, 0.2) is 41.2 Å². The Hall–Kier alpha value is -3.55. The van der Waals surface area contributed by atoms with Crippen molar-refractivity contribution in [1.82, 2.24) is 9.97 Å². The van der Waals surface area contributed by atoms with Crippen LogP contribution >= 0.6 is 0 Å². The normalized spacial score (nSPS) is 13.0. The number of carbonyl (C=O) groups excluding carboxylic acids is 1. The largest absolute Gasteiger partial charge is 0.465 e. The molecule has 0 bridgehead atoms. The van der Waals surface area contributed by atoms with Crippen molar-refractivity contribution >= 4 is 34.4 Å². The maximum absolute atomic E-state index is 12.6. The summed E-state index contributed by atoms with van der Waals surface area (Å²) in [5.41, 5.74) is 3.19. The number of amides is 2. The molecule has 0 atom stereocenters. The van der Waals surface area contributed by atoms with Gasteiger partial charge in [-0.1, -0.05) is 6.07 Å². The molecule has 2 amide bonds. The molecule has 0 saturated carbocycles. The third kappa shape index (κ3) is 2.53. The number of nitrogens with one attached hydrogen (secondary N) is 3. The van der Waals surface area contributed by atoms with Crippen LogP contribution < -0.4 is 15.9 Å². The van der Waals surface area contributed by atoms with Crippen molar-refractivity contribution in [2.24, 2.45) is 0 Å². The van der Waals surface area contributed by atoms with Crippen molar-refractivity contribution in [3.05, 3.63) is 58.0 Å². The number of benzene rings is 2. The second kappa shape index (κ2) is 5.52. The van der Waals surface area contributed by atoms with E-state index in [0.717, 1.165) is 5.56 Å². The van der Waals surface area contributed by atoms with E-state index >= 15 is 0 Å². The highest BCUT2D eigenvalue weighted by Gasteiger charge is 2.27. The number of aromatic nitrogens is 2. The van der Waals surface area contributed by atoms with Gasteiger partial charge in [-0.25, -0.2) is 9.59 Å². The van der Waals surface area contributed by atoms with Crippen LogP contribution in [0.25, 0.3) is 11.0 Å². The highest BCUT2D eigenvalue weighted by atomic mass is 16.4. The third-order valence-electron chi connectivity index (χ3n) is 4.28. The first kappa shape index (κ1) is 15.0. The van der Waals surface area contributed by atoms with Gasteiger partial charge in [-0.2, -0.15) is 0 Å². The van der Waals surface area contributed by atoms with Gasteiger partial charge in [0.15, 0.2) is 0 Å². The fourth-order valence-corrected chi connectivity index (χ4v) is 3.15. The van der Waals surface area contributed by atoms with Crippen LogP contribution in [-0.2, 0) is 6.42 Å². The molecule has 4 rings (SSSR count). The van der Waals surface area contributed by atoms with Crippen molar-refractivity contribution in [3.63, 3.8) is 0 Å². The molecule has 0 aliphatic carbocycles. The highest BCUT2D eigenvalue weighted by molar-refractivity contribution is 6.07. The quantitative estimate of drug-likeness (QED) is 0.572. The van der Waals surface area contributed by atoms with Gasteiger partial charge in [0.2, 0.25) is 0 Å². The first-order valence-electron chi connectivity index (χ1n) is 7.69. The minimum atomic E-state index is -1.03. The van der Waals surface area contributed by atoms with Gasteiger partial charge in [0.05, 0.1) is 16.7 Å². The molecular weight excluding hydrogens is 324 g/mol. The van der Waals surface area contributed by atoms with Crippen molar-refractivity contribution in [2.75, 3.05) is 16.8 Å². The molecule has 0 fully saturated rings. The first-order valence-corrected chi connectivity index (χ1v) is 7.69. The molecule has 1 aliphatic heterocycles. The van der Waals surface area contributed by atoms with Gasteiger partial charge in [0, 0.05) is 17.8 Å². The zero-order chi connectivity index (χ0) is 17.6. The Balaban J connectivity index is 1.65. The number of carboxylic acid groups (broad SMARTS) is 1. The minimum Gasteiger partial charge on any atom is -0.465 e. The maximum Gasteiger partial charge on any atom is 0.411 e. The van der Waals surface area contributed by atoms with Crippen LogP contribution in [0.4, 0.5) is 16.2 Å². The third-order valence-corrected chi connectivity index (χ3v) is 4.28. The lowest BCUT2D eigenvalue weighted by Crippen LogP contribution is -2.26. The SMILES string of the molecule is O=C(Nc1ccc2[nH]c(=O)[nH]c2c1)c1cccc2c1CCN2C(=O)O. The number of fused-ring (bicyclic) bond motifs is 2. The molecule has 0 unspecified atom stereocenters. The number of imidazole rings is 1. The number of rotatable bonds is 2. The second-order valence-corrected chi connectivity index (χ2v) is 5.78. The summed E-state index contributed by atoms with van der Waals surface area (Å²) in [7, 11) is 0. The summed E-state index contributed by atoms with van der Waals surface area (Å²) < 4.78 is 0. The topological polar surface area (TPSA) is 118 Å². The van der Waals surface area contributed by atoms with E-state index in [9.17, 15) is 19.5 Å². The summed E-state index contributed by atoms with van der Waals surface area (Å²) in [6.45, 7) is 0.339. The zero-order valence-corrected chi connectivity index (χ0v) is 13.0. The predicted molar refractivity (Wildman–Crippen MR) is 92.4 cm³/mol. The zero-order valence-electron chi connectivity index (χ0n) is 13.0. The van der Waals surface area contributed by atoms with Crippen LogP contribution in [0, 0.1) is 0 Å². The maximum atomic E-state index is 12.6. The summed E-state index contributed by atoms with van der Waals surface area (Å²) in [4.78, 5) is 41.7. The number of aromatic amines is 2. The van der Waals surface area contributed by atoms with Gasteiger partial charge in [0.1, 0.15) is 0 Å². The monoisotopic (exact) mass is 338 g/mol. The molecule has 2 aromatic carbocycles. The van der Waals surface area contributed by atoms with Gasteiger partial charge >= 0.3 is 11.8 Å². The number of nitrogens with zero attached hydrogens (tertiary/aromatic N) is 1. The fraction of sp³-hybridized carbons (Fsp3) is 0.118. The van der Waals surface area contributed by atoms with Crippen LogP contribution in [0.1, 0.15) is 15.9 Å². The van der Waals surface area contributed by atoms with E-state index < -0.39 is 6.09 Å². The summed E-state index contributed by atoms with van der Waals surface area (Å²) in [6, 6.07) is 10.1. The Bertz CT molecular complexity index is 1070. The number of H-pyrrole nitrogens is 2. The Labute approximate surface area is 141 Å². The molecule has 25 heavy (non-hydrogen) atoms. The molecule has 1 aromatic heterocycles. The molecule has 0 saturated heterocycles. The van der Waals surface area contributed by atoms with Crippen LogP contribution in [0.5, 0.6) is 0 Å². The molecule has 3 aromatic rings. The predicted octanol–water partition coefficient (Wildman–Crippen LogP) is 2.15. The van der Waals surface area contributed by atoms with Gasteiger partial charge in [-0.05, 0) is 42.3 Å². The van der Waals surface area contributed by atoms with Gasteiger partial charge in [-0.3, -0.25) is 9.69 Å². The van der Waals surface area contributed by atoms with Gasteiger partial charge < -0.3 is 20.4 Å². The molecule has 2 heterocycles. The van der Waals surface area contributed by atoms with E-state index in [4.69, 9.17) is 0 Å². The number of anilines is 2. The Morgan fingerprint density at radius 2 is 1.92 bits per heavy atom. The van der Waals surface area contributed by atoms with Crippen molar-refractivity contribution in [2.45, 2.75) is 6.42 Å². The fourth-order valence-electron chi connectivity index (χ4n) is 3.15. The van der Waals surface area contributed by atoms with Crippen molar-refractivity contribution < 1.29 is 14.7 Å². The molecule has 0 radical (unpaired) electrons. The molecule has 1 aliphatic rings. The van der Waals surface area contributed by atoms with Crippen LogP contribution in [0.2, 0.25) is 0 Å². The standard InChI is InChI=1S/C17H14N4O4/c22-15(18-9-4-5-12-13(8-9)20-16(23)19-12)11-2-1-3-14-10(11)6-7-21(14)17(24)25/h1-5,8H,6-7H2,(H,18,22)(H,24,25)(H2,19,20,23). The van der Waals surface area contributed by atoms with E-state index in [0.29, 0.717) is 40.9 Å². The van der Waals surface area contributed by atoms with Gasteiger partial charge in [0.25, 0.3) is 5.91 Å². The van der Waals surface area contributed by atoms with Crippen molar-refractivity contribution in [1.29, 1.82) is 0 Å². The average molecular weight is 338 g/mol. The molecule has 4 N–H and O–H groups in total. The average Bonchev–Trinajstić information content (AvgIpc) is 3.16. The van der Waals surface area contributed by atoms with Crippen LogP contribution in [-0.4, -0.2) is 33.6 Å². The Morgan fingerprint density at radius 3 is 2.72 bits per heavy atom. The smallest absolute Gasteiger partial charge is 0.411 e. The van der Waals surface area contributed by atoms with E-state index in [1.807, 2.05) is 0 Å². The Kier molecular flexibility index (Phi) is 3.31. The highest BCUT2D eigenvalue weighted by Crippen LogP contribution is 2.31.